The summed E-state index contributed by atoms with van der Waals surface area (Å²) in [5.74, 6) is 0.0883. The fourth-order valence-corrected chi connectivity index (χ4v) is 1.44. The number of aliphatic hydroxyl groups excluding tert-OH is 1. The molecule has 2 rings (SSSR count). The number of nitrogens with zero attached hydrogens (tertiary/aromatic N) is 1. The van der Waals surface area contributed by atoms with Crippen LogP contribution in [0.1, 0.15) is 11.3 Å². The first-order valence-electron chi connectivity index (χ1n) is 4.52. The van der Waals surface area contributed by atoms with Crippen LogP contribution in [0.5, 0.6) is 0 Å². The summed E-state index contributed by atoms with van der Waals surface area (Å²) in [5, 5.41) is 9.01. The van der Waals surface area contributed by atoms with Gasteiger partial charge in [0.05, 0.1) is 6.61 Å². The van der Waals surface area contributed by atoms with Crippen molar-refractivity contribution in [1.29, 1.82) is 0 Å². The SMILES string of the molecule is Cc1ccc(F)cc1-c1ocnc1CO. The summed E-state index contributed by atoms with van der Waals surface area (Å²) >= 11 is 0. The number of oxazole rings is 1. The zero-order valence-corrected chi connectivity index (χ0v) is 8.20. The van der Waals surface area contributed by atoms with Gasteiger partial charge in [-0.3, -0.25) is 0 Å². The lowest BCUT2D eigenvalue weighted by atomic mass is 10.1. The summed E-state index contributed by atoms with van der Waals surface area (Å²) in [5.41, 5.74) is 1.92. The molecule has 1 N–H and O–H groups in total. The molecule has 0 amide bonds. The number of aryl methyl sites for hydroxylation is 1. The number of aromatic nitrogens is 1. The molecular weight excluding hydrogens is 197 g/mol. The fourth-order valence-electron chi connectivity index (χ4n) is 1.44. The first-order valence-corrected chi connectivity index (χ1v) is 4.52. The van der Waals surface area contributed by atoms with Gasteiger partial charge in [0, 0.05) is 5.56 Å². The number of benzene rings is 1. The maximum atomic E-state index is 13.1. The molecular formula is C11H10FNO2. The van der Waals surface area contributed by atoms with Crippen LogP contribution < -0.4 is 0 Å². The van der Waals surface area contributed by atoms with Crippen LogP contribution in [-0.4, -0.2) is 10.1 Å². The van der Waals surface area contributed by atoms with Crippen LogP contribution in [0.4, 0.5) is 4.39 Å². The van der Waals surface area contributed by atoms with Crippen molar-refractivity contribution in [3.8, 4) is 11.3 Å². The van der Waals surface area contributed by atoms with Gasteiger partial charge in [0.2, 0.25) is 0 Å². The first kappa shape index (κ1) is 9.86. The third-order valence-corrected chi connectivity index (χ3v) is 2.24. The van der Waals surface area contributed by atoms with E-state index in [4.69, 9.17) is 9.52 Å². The number of rotatable bonds is 2. The van der Waals surface area contributed by atoms with Gasteiger partial charge in [-0.1, -0.05) is 6.07 Å². The molecule has 0 aliphatic rings. The molecule has 1 aromatic carbocycles. The van der Waals surface area contributed by atoms with Crippen molar-refractivity contribution in [3.63, 3.8) is 0 Å². The largest absolute Gasteiger partial charge is 0.443 e. The van der Waals surface area contributed by atoms with Crippen LogP contribution in [0.3, 0.4) is 0 Å². The van der Waals surface area contributed by atoms with Crippen molar-refractivity contribution in [3.05, 3.63) is 41.7 Å². The molecule has 3 nitrogen and oxygen atoms in total. The zero-order chi connectivity index (χ0) is 10.8. The molecule has 0 unspecified atom stereocenters. The van der Waals surface area contributed by atoms with Crippen molar-refractivity contribution >= 4 is 0 Å². The quantitative estimate of drug-likeness (QED) is 0.821. The van der Waals surface area contributed by atoms with E-state index in [1.807, 2.05) is 6.92 Å². The standard InChI is InChI=1S/C11H10FNO2/c1-7-2-3-8(12)4-9(7)11-10(5-14)13-6-15-11/h2-4,6,14H,5H2,1H3. The van der Waals surface area contributed by atoms with Crippen LogP contribution in [0.25, 0.3) is 11.3 Å². The predicted octanol–water partition coefficient (Wildman–Crippen LogP) is 2.28. The maximum absolute atomic E-state index is 13.1. The normalized spacial score (nSPS) is 10.6. The van der Waals surface area contributed by atoms with E-state index in [1.165, 1.54) is 18.5 Å². The Hall–Kier alpha value is -1.68. The Morgan fingerprint density at radius 2 is 2.27 bits per heavy atom. The van der Waals surface area contributed by atoms with Crippen LogP contribution in [-0.2, 0) is 6.61 Å². The molecule has 1 heterocycles. The summed E-state index contributed by atoms with van der Waals surface area (Å²) in [6.45, 7) is 1.63. The molecule has 78 valence electrons. The summed E-state index contributed by atoms with van der Waals surface area (Å²) in [4.78, 5) is 3.84. The molecule has 2 aromatic rings. The Labute approximate surface area is 86.2 Å². The van der Waals surface area contributed by atoms with Crippen LogP contribution in [0.15, 0.2) is 29.0 Å². The Balaban J connectivity index is 2.58. The molecule has 0 aliphatic heterocycles. The van der Waals surface area contributed by atoms with Crippen LogP contribution in [0.2, 0.25) is 0 Å². The highest BCUT2D eigenvalue weighted by molar-refractivity contribution is 5.63. The molecule has 0 spiro atoms. The van der Waals surface area contributed by atoms with Crippen molar-refractivity contribution in [2.24, 2.45) is 0 Å². The number of halogens is 1. The smallest absolute Gasteiger partial charge is 0.181 e. The van der Waals surface area contributed by atoms with Crippen molar-refractivity contribution in [2.75, 3.05) is 0 Å². The van der Waals surface area contributed by atoms with Gasteiger partial charge in [0.15, 0.2) is 12.2 Å². The zero-order valence-electron chi connectivity index (χ0n) is 8.20. The van der Waals surface area contributed by atoms with E-state index >= 15 is 0 Å². The topological polar surface area (TPSA) is 46.3 Å². The summed E-state index contributed by atoms with van der Waals surface area (Å²) in [6.07, 6.45) is 1.24. The Morgan fingerprint density at radius 1 is 1.47 bits per heavy atom. The summed E-state index contributed by atoms with van der Waals surface area (Å²) in [6, 6.07) is 4.41. The van der Waals surface area contributed by atoms with E-state index in [-0.39, 0.29) is 12.4 Å². The summed E-state index contributed by atoms with van der Waals surface area (Å²) in [7, 11) is 0. The van der Waals surface area contributed by atoms with E-state index in [1.54, 1.807) is 6.07 Å². The number of aliphatic hydroxyl groups is 1. The van der Waals surface area contributed by atoms with Gasteiger partial charge >= 0.3 is 0 Å². The third-order valence-electron chi connectivity index (χ3n) is 2.24. The van der Waals surface area contributed by atoms with E-state index in [2.05, 4.69) is 4.98 Å². The molecule has 0 fully saturated rings. The fraction of sp³-hybridized carbons (Fsp3) is 0.182. The highest BCUT2D eigenvalue weighted by atomic mass is 19.1. The van der Waals surface area contributed by atoms with E-state index in [0.29, 0.717) is 17.0 Å². The Kier molecular flexibility index (Phi) is 2.51. The van der Waals surface area contributed by atoms with E-state index in [9.17, 15) is 4.39 Å². The highest BCUT2D eigenvalue weighted by Gasteiger charge is 2.12. The molecule has 0 saturated carbocycles. The third kappa shape index (κ3) is 1.76. The Morgan fingerprint density at radius 3 is 3.00 bits per heavy atom. The lowest BCUT2D eigenvalue weighted by molar-refractivity contribution is 0.277. The second kappa shape index (κ2) is 3.82. The minimum atomic E-state index is -0.337. The summed E-state index contributed by atoms with van der Waals surface area (Å²) < 4.78 is 18.2. The van der Waals surface area contributed by atoms with Crippen LogP contribution >= 0.6 is 0 Å². The van der Waals surface area contributed by atoms with E-state index < -0.39 is 0 Å². The molecule has 0 bridgehead atoms. The highest BCUT2D eigenvalue weighted by Crippen LogP contribution is 2.27. The van der Waals surface area contributed by atoms with Gasteiger partial charge in [-0.2, -0.15) is 0 Å². The average Bonchev–Trinajstić information content (AvgIpc) is 2.69. The second-order valence-corrected chi connectivity index (χ2v) is 3.25. The van der Waals surface area contributed by atoms with Crippen molar-refractivity contribution in [2.45, 2.75) is 13.5 Å². The molecule has 4 heteroatoms. The van der Waals surface area contributed by atoms with Gasteiger partial charge in [0.1, 0.15) is 11.5 Å². The molecule has 1 aromatic heterocycles. The minimum Gasteiger partial charge on any atom is -0.443 e. The molecule has 0 atom stereocenters. The predicted molar refractivity (Wildman–Crippen MR) is 52.6 cm³/mol. The lowest BCUT2D eigenvalue weighted by Gasteiger charge is -2.03. The monoisotopic (exact) mass is 207 g/mol. The first-order chi connectivity index (χ1) is 7.22. The van der Waals surface area contributed by atoms with Gasteiger partial charge < -0.3 is 9.52 Å². The van der Waals surface area contributed by atoms with E-state index in [0.717, 1.165) is 5.56 Å². The number of hydrogen-bond acceptors (Lipinski definition) is 3. The molecule has 0 aliphatic carbocycles. The minimum absolute atomic E-state index is 0.220. The molecule has 15 heavy (non-hydrogen) atoms. The van der Waals surface area contributed by atoms with Gasteiger partial charge in [-0.15, -0.1) is 0 Å². The maximum Gasteiger partial charge on any atom is 0.181 e. The number of hydrogen-bond donors (Lipinski definition) is 1. The van der Waals surface area contributed by atoms with Gasteiger partial charge in [0.25, 0.3) is 0 Å². The van der Waals surface area contributed by atoms with Crippen LogP contribution in [0, 0.1) is 12.7 Å². The van der Waals surface area contributed by atoms with Crippen molar-refractivity contribution < 1.29 is 13.9 Å². The van der Waals surface area contributed by atoms with Gasteiger partial charge in [-0.25, -0.2) is 9.37 Å². The average molecular weight is 207 g/mol. The molecule has 0 saturated heterocycles. The lowest BCUT2D eigenvalue weighted by Crippen LogP contribution is -1.90. The molecule has 0 radical (unpaired) electrons. The van der Waals surface area contributed by atoms with Crippen molar-refractivity contribution in [1.82, 2.24) is 4.98 Å². The Bertz CT molecular complexity index is 479. The second-order valence-electron chi connectivity index (χ2n) is 3.25. The van der Waals surface area contributed by atoms with Gasteiger partial charge in [-0.05, 0) is 24.6 Å².